The number of hydrogen-bond donors (Lipinski definition) is 0. The van der Waals surface area contributed by atoms with Crippen molar-refractivity contribution < 1.29 is 18.7 Å². The molecular weight excluding hydrogens is 310 g/mol. The highest BCUT2D eigenvalue weighted by atomic mass is 16.5. The summed E-state index contributed by atoms with van der Waals surface area (Å²) < 4.78 is 16.2. The highest BCUT2D eigenvalue weighted by Crippen LogP contribution is 2.32. The third-order valence-corrected chi connectivity index (χ3v) is 3.45. The van der Waals surface area contributed by atoms with Gasteiger partial charge in [0.15, 0.2) is 0 Å². The predicted molar refractivity (Wildman–Crippen MR) is 88.2 cm³/mol. The van der Waals surface area contributed by atoms with E-state index >= 15 is 0 Å². The van der Waals surface area contributed by atoms with E-state index in [2.05, 4.69) is 4.98 Å². The average Bonchev–Trinajstić information content (AvgIpc) is 2.61. The molecule has 6 heteroatoms. The molecule has 3 rings (SSSR count). The van der Waals surface area contributed by atoms with Crippen LogP contribution in [0.5, 0.6) is 11.5 Å². The van der Waals surface area contributed by atoms with Crippen LogP contribution in [-0.2, 0) is 4.79 Å². The molecule has 0 atom stereocenters. The normalized spacial score (nSPS) is 10.6. The highest BCUT2D eigenvalue weighted by molar-refractivity contribution is 5.78. The summed E-state index contributed by atoms with van der Waals surface area (Å²) in [5, 5.41) is 0.411. The molecule has 0 spiro atoms. The fourth-order valence-electron chi connectivity index (χ4n) is 2.24. The minimum atomic E-state index is -0.379. The average molecular weight is 325 g/mol. The van der Waals surface area contributed by atoms with Gasteiger partial charge < -0.3 is 13.9 Å². The zero-order valence-corrected chi connectivity index (χ0v) is 13.2. The van der Waals surface area contributed by atoms with Gasteiger partial charge in [-0.15, -0.1) is 0 Å². The molecule has 0 radical (unpaired) electrons. The lowest BCUT2D eigenvalue weighted by molar-refractivity contribution is -0.134. The molecule has 2 aromatic carbocycles. The molecular formula is C18H15NO5. The number of esters is 1. The Balaban J connectivity index is 2.09. The van der Waals surface area contributed by atoms with Crippen LogP contribution in [0.3, 0.4) is 0 Å². The predicted octanol–water partition coefficient (Wildman–Crippen LogP) is 3.18. The zero-order chi connectivity index (χ0) is 17.1. The molecule has 0 fully saturated rings. The van der Waals surface area contributed by atoms with E-state index in [4.69, 9.17) is 13.9 Å². The van der Waals surface area contributed by atoms with Gasteiger partial charge in [-0.1, -0.05) is 19.1 Å². The molecule has 0 unspecified atom stereocenters. The second-order valence-electron chi connectivity index (χ2n) is 5.01. The van der Waals surface area contributed by atoms with Gasteiger partial charge in [0.05, 0.1) is 18.1 Å². The summed E-state index contributed by atoms with van der Waals surface area (Å²) in [6, 6.07) is 11.7. The second-order valence-corrected chi connectivity index (χ2v) is 5.01. The highest BCUT2D eigenvalue weighted by Gasteiger charge is 2.15. The number of para-hydroxylation sites is 1. The van der Waals surface area contributed by atoms with Gasteiger partial charge in [-0.2, -0.15) is 4.98 Å². The number of ether oxygens (including phenoxy) is 2. The minimum Gasteiger partial charge on any atom is -0.496 e. The van der Waals surface area contributed by atoms with Crippen molar-refractivity contribution in [1.82, 2.24) is 4.98 Å². The standard InChI is InChI=1S/C18H15NO5/c1-3-16(20)23-11-8-9-13(15(10-11)22-2)18-19-17(21)12-6-4-5-7-14(12)24-18/h4-10H,3H2,1-2H3. The molecule has 0 aliphatic rings. The van der Waals surface area contributed by atoms with Crippen LogP contribution in [0.25, 0.3) is 22.4 Å². The van der Waals surface area contributed by atoms with Crippen molar-refractivity contribution in [2.75, 3.05) is 7.11 Å². The Morgan fingerprint density at radius 3 is 2.75 bits per heavy atom. The first-order valence-electron chi connectivity index (χ1n) is 7.41. The van der Waals surface area contributed by atoms with Gasteiger partial charge in [0.25, 0.3) is 5.56 Å². The van der Waals surface area contributed by atoms with E-state index in [-0.39, 0.29) is 23.8 Å². The fraction of sp³-hybridized carbons (Fsp3) is 0.167. The number of rotatable bonds is 4. The SMILES string of the molecule is CCC(=O)Oc1ccc(-c2nc(=O)c3ccccc3o2)c(OC)c1. The maximum absolute atomic E-state index is 12.1. The lowest BCUT2D eigenvalue weighted by Gasteiger charge is -2.10. The van der Waals surface area contributed by atoms with Crippen LogP contribution in [0.2, 0.25) is 0 Å². The zero-order valence-electron chi connectivity index (χ0n) is 13.2. The Morgan fingerprint density at radius 1 is 1.21 bits per heavy atom. The summed E-state index contributed by atoms with van der Waals surface area (Å²) in [5.74, 6) is 0.539. The second kappa shape index (κ2) is 6.54. The van der Waals surface area contributed by atoms with Crippen molar-refractivity contribution in [2.45, 2.75) is 13.3 Å². The largest absolute Gasteiger partial charge is 0.496 e. The van der Waals surface area contributed by atoms with E-state index in [1.807, 2.05) is 0 Å². The maximum Gasteiger partial charge on any atom is 0.310 e. The van der Waals surface area contributed by atoms with Crippen LogP contribution in [0.15, 0.2) is 51.7 Å². The lowest BCUT2D eigenvalue weighted by Crippen LogP contribution is -2.08. The quantitative estimate of drug-likeness (QED) is 0.541. The molecule has 1 aromatic heterocycles. The summed E-state index contributed by atoms with van der Waals surface area (Å²) in [6.45, 7) is 1.71. The Bertz CT molecular complexity index is 961. The summed E-state index contributed by atoms with van der Waals surface area (Å²) in [7, 11) is 1.48. The Morgan fingerprint density at radius 2 is 2.00 bits per heavy atom. The monoisotopic (exact) mass is 325 g/mol. The van der Waals surface area contributed by atoms with Gasteiger partial charge in [0, 0.05) is 12.5 Å². The van der Waals surface area contributed by atoms with Crippen molar-refractivity contribution in [2.24, 2.45) is 0 Å². The van der Waals surface area contributed by atoms with Crippen LogP contribution in [0.1, 0.15) is 13.3 Å². The van der Waals surface area contributed by atoms with E-state index in [0.29, 0.717) is 28.0 Å². The van der Waals surface area contributed by atoms with Crippen LogP contribution in [0, 0.1) is 0 Å². The molecule has 24 heavy (non-hydrogen) atoms. The van der Waals surface area contributed by atoms with E-state index in [1.54, 1.807) is 49.4 Å². The summed E-state index contributed by atoms with van der Waals surface area (Å²) in [5.41, 5.74) is 0.558. The Kier molecular flexibility index (Phi) is 4.29. The van der Waals surface area contributed by atoms with Crippen LogP contribution < -0.4 is 15.0 Å². The molecule has 0 saturated carbocycles. The summed E-state index contributed by atoms with van der Waals surface area (Å²) in [6.07, 6.45) is 0.269. The number of hydrogen-bond acceptors (Lipinski definition) is 6. The summed E-state index contributed by atoms with van der Waals surface area (Å²) in [4.78, 5) is 27.5. The smallest absolute Gasteiger partial charge is 0.310 e. The van der Waals surface area contributed by atoms with Crippen LogP contribution in [-0.4, -0.2) is 18.1 Å². The topological polar surface area (TPSA) is 78.6 Å². The summed E-state index contributed by atoms with van der Waals surface area (Å²) >= 11 is 0. The molecule has 0 aliphatic carbocycles. The molecule has 0 bridgehead atoms. The van der Waals surface area contributed by atoms with E-state index in [1.165, 1.54) is 7.11 Å². The number of fused-ring (bicyclic) bond motifs is 1. The molecule has 0 amide bonds. The Labute approximate surface area is 137 Å². The first kappa shape index (κ1) is 15.7. The number of carbonyl (C=O) groups is 1. The van der Waals surface area contributed by atoms with Crippen molar-refractivity contribution in [1.29, 1.82) is 0 Å². The first-order valence-corrected chi connectivity index (χ1v) is 7.41. The molecule has 0 N–H and O–H groups in total. The van der Waals surface area contributed by atoms with E-state index < -0.39 is 0 Å². The molecule has 122 valence electrons. The van der Waals surface area contributed by atoms with Gasteiger partial charge in [-0.3, -0.25) is 9.59 Å². The number of benzene rings is 2. The van der Waals surface area contributed by atoms with Crippen LogP contribution in [0.4, 0.5) is 0 Å². The fourth-order valence-corrected chi connectivity index (χ4v) is 2.24. The number of aromatic nitrogens is 1. The lowest BCUT2D eigenvalue weighted by atomic mass is 10.2. The van der Waals surface area contributed by atoms with Gasteiger partial charge in [0.2, 0.25) is 5.89 Å². The van der Waals surface area contributed by atoms with Gasteiger partial charge in [-0.25, -0.2) is 0 Å². The van der Waals surface area contributed by atoms with Gasteiger partial charge in [0.1, 0.15) is 17.1 Å². The van der Waals surface area contributed by atoms with Crippen molar-refractivity contribution in [3.8, 4) is 23.0 Å². The van der Waals surface area contributed by atoms with Crippen LogP contribution >= 0.6 is 0 Å². The van der Waals surface area contributed by atoms with Gasteiger partial charge >= 0.3 is 5.97 Å². The first-order chi connectivity index (χ1) is 11.6. The number of nitrogens with zero attached hydrogens (tertiary/aromatic N) is 1. The van der Waals surface area contributed by atoms with Crippen molar-refractivity contribution in [3.05, 3.63) is 52.8 Å². The van der Waals surface area contributed by atoms with E-state index in [0.717, 1.165) is 0 Å². The third-order valence-electron chi connectivity index (χ3n) is 3.45. The van der Waals surface area contributed by atoms with Gasteiger partial charge in [-0.05, 0) is 24.3 Å². The Hall–Kier alpha value is -3.15. The molecule has 3 aromatic rings. The number of methoxy groups -OCH3 is 1. The third kappa shape index (κ3) is 2.99. The minimum absolute atomic E-state index is 0.143. The maximum atomic E-state index is 12.1. The molecule has 0 aliphatic heterocycles. The molecule has 6 nitrogen and oxygen atoms in total. The van der Waals surface area contributed by atoms with E-state index in [9.17, 15) is 9.59 Å². The van der Waals surface area contributed by atoms with Crippen molar-refractivity contribution >= 4 is 16.9 Å². The van der Waals surface area contributed by atoms with Crippen molar-refractivity contribution in [3.63, 3.8) is 0 Å². The molecule has 0 saturated heterocycles. The molecule has 1 heterocycles. The number of carbonyl (C=O) groups excluding carboxylic acids is 1.